The molecule has 3 nitrogen and oxygen atoms in total. The number of hydrogen-bond donors (Lipinski definition) is 2. The first-order chi connectivity index (χ1) is 5.72. The summed E-state index contributed by atoms with van der Waals surface area (Å²) in [7, 11) is 0. The molecule has 1 aromatic rings. The molecule has 68 valence electrons. The molecule has 0 spiro atoms. The summed E-state index contributed by atoms with van der Waals surface area (Å²) >= 11 is 1.69. The van der Waals surface area contributed by atoms with Gasteiger partial charge in [-0.05, 0) is 13.8 Å². The molecule has 1 aromatic heterocycles. The Morgan fingerprint density at radius 3 is 3.00 bits per heavy atom. The van der Waals surface area contributed by atoms with Crippen LogP contribution in [0.25, 0.3) is 0 Å². The van der Waals surface area contributed by atoms with Crippen molar-refractivity contribution in [2.45, 2.75) is 26.4 Å². The lowest BCUT2D eigenvalue weighted by molar-refractivity contribution is 0.555. The Bertz CT molecular complexity index is 234. The highest BCUT2D eigenvalue weighted by atomic mass is 32.1. The molecule has 0 aromatic carbocycles. The van der Waals surface area contributed by atoms with Crippen LogP contribution < -0.4 is 11.1 Å². The number of thiazole rings is 1. The van der Waals surface area contributed by atoms with Gasteiger partial charge in [-0.15, -0.1) is 11.3 Å². The summed E-state index contributed by atoms with van der Waals surface area (Å²) in [5, 5.41) is 6.48. The maximum atomic E-state index is 5.46. The van der Waals surface area contributed by atoms with Gasteiger partial charge in [-0.2, -0.15) is 0 Å². The van der Waals surface area contributed by atoms with E-state index in [1.807, 2.05) is 6.92 Å². The fraction of sp³-hybridized carbons (Fsp3) is 0.625. The second kappa shape index (κ2) is 4.54. The third-order valence-corrected chi connectivity index (χ3v) is 2.59. The van der Waals surface area contributed by atoms with Crippen LogP contribution in [0.1, 0.15) is 17.6 Å². The molecule has 0 saturated carbocycles. The molecule has 1 unspecified atom stereocenters. The summed E-state index contributed by atoms with van der Waals surface area (Å²) in [6.45, 7) is 5.58. The van der Waals surface area contributed by atoms with Crippen molar-refractivity contribution in [2.75, 3.05) is 6.54 Å². The molecule has 12 heavy (non-hydrogen) atoms. The van der Waals surface area contributed by atoms with Crippen molar-refractivity contribution in [2.24, 2.45) is 5.73 Å². The minimum absolute atomic E-state index is 0.370. The second-order valence-corrected chi connectivity index (χ2v) is 3.84. The predicted molar refractivity (Wildman–Crippen MR) is 52.2 cm³/mol. The van der Waals surface area contributed by atoms with E-state index in [4.69, 9.17) is 5.73 Å². The number of rotatable bonds is 4. The Morgan fingerprint density at radius 2 is 2.50 bits per heavy atom. The van der Waals surface area contributed by atoms with Crippen LogP contribution in [0, 0.1) is 6.92 Å². The van der Waals surface area contributed by atoms with Crippen LogP contribution in [0.15, 0.2) is 5.38 Å². The van der Waals surface area contributed by atoms with Crippen LogP contribution in [0.2, 0.25) is 0 Å². The lowest BCUT2D eigenvalue weighted by Gasteiger charge is -2.08. The average Bonchev–Trinajstić information content (AvgIpc) is 2.47. The van der Waals surface area contributed by atoms with E-state index < -0.39 is 0 Å². The molecule has 0 aliphatic rings. The molecule has 0 amide bonds. The van der Waals surface area contributed by atoms with Gasteiger partial charge >= 0.3 is 0 Å². The van der Waals surface area contributed by atoms with Gasteiger partial charge in [0, 0.05) is 30.2 Å². The minimum Gasteiger partial charge on any atom is -0.329 e. The molecule has 3 N–H and O–H groups in total. The molecule has 0 aliphatic carbocycles. The Labute approximate surface area is 77.0 Å². The molecule has 0 radical (unpaired) electrons. The van der Waals surface area contributed by atoms with E-state index in [9.17, 15) is 0 Å². The molecular weight excluding hydrogens is 170 g/mol. The Morgan fingerprint density at radius 1 is 1.75 bits per heavy atom. The minimum atomic E-state index is 0.370. The number of nitrogens with zero attached hydrogens (tertiary/aromatic N) is 1. The van der Waals surface area contributed by atoms with Crippen molar-refractivity contribution in [1.29, 1.82) is 0 Å². The first-order valence-electron chi connectivity index (χ1n) is 4.07. The van der Waals surface area contributed by atoms with Crippen LogP contribution in [0.5, 0.6) is 0 Å². The molecule has 1 heterocycles. The van der Waals surface area contributed by atoms with Crippen LogP contribution in [-0.2, 0) is 6.54 Å². The summed E-state index contributed by atoms with van der Waals surface area (Å²) in [6, 6.07) is 0.370. The molecule has 1 atom stereocenters. The van der Waals surface area contributed by atoms with E-state index in [-0.39, 0.29) is 0 Å². The Hall–Kier alpha value is -0.450. The quantitative estimate of drug-likeness (QED) is 0.732. The van der Waals surface area contributed by atoms with Crippen LogP contribution in [0.3, 0.4) is 0 Å². The number of nitrogens with two attached hydrogens (primary N) is 1. The molecular formula is C8H15N3S. The number of nitrogens with one attached hydrogen (secondary N) is 1. The van der Waals surface area contributed by atoms with E-state index in [0.29, 0.717) is 12.6 Å². The van der Waals surface area contributed by atoms with Gasteiger partial charge in [0.15, 0.2) is 0 Å². The van der Waals surface area contributed by atoms with Gasteiger partial charge in [0.1, 0.15) is 5.01 Å². The molecule has 1 rings (SSSR count). The summed E-state index contributed by atoms with van der Waals surface area (Å²) in [5.41, 5.74) is 6.56. The third-order valence-electron chi connectivity index (χ3n) is 1.62. The van der Waals surface area contributed by atoms with Gasteiger partial charge in [0.25, 0.3) is 0 Å². The summed E-state index contributed by atoms with van der Waals surface area (Å²) in [6.07, 6.45) is 0. The molecule has 0 fully saturated rings. The summed E-state index contributed by atoms with van der Waals surface area (Å²) in [5.74, 6) is 0. The predicted octanol–water partition coefficient (Wildman–Crippen LogP) is 0.888. The van der Waals surface area contributed by atoms with Crippen LogP contribution in [-0.4, -0.2) is 17.6 Å². The number of aryl methyl sites for hydroxylation is 1. The summed E-state index contributed by atoms with van der Waals surface area (Å²) in [4.78, 5) is 4.33. The van der Waals surface area contributed by atoms with Crippen molar-refractivity contribution in [3.8, 4) is 0 Å². The lowest BCUT2D eigenvalue weighted by atomic mass is 10.3. The largest absolute Gasteiger partial charge is 0.329 e. The number of hydrogen-bond acceptors (Lipinski definition) is 4. The van der Waals surface area contributed by atoms with E-state index in [1.165, 1.54) is 0 Å². The SMILES string of the molecule is Cc1csc(CNC(C)CN)n1. The molecule has 0 saturated heterocycles. The zero-order valence-electron chi connectivity index (χ0n) is 7.50. The smallest absolute Gasteiger partial charge is 0.107 e. The van der Waals surface area contributed by atoms with E-state index in [0.717, 1.165) is 17.2 Å². The average molecular weight is 185 g/mol. The zero-order valence-corrected chi connectivity index (χ0v) is 8.32. The highest BCUT2D eigenvalue weighted by molar-refractivity contribution is 7.09. The standard InChI is InChI=1S/C8H15N3S/c1-6(3-9)10-4-8-11-7(2)5-12-8/h5-6,10H,3-4,9H2,1-2H3. The van der Waals surface area contributed by atoms with Gasteiger partial charge in [-0.25, -0.2) is 4.98 Å². The van der Waals surface area contributed by atoms with Gasteiger partial charge in [-0.3, -0.25) is 0 Å². The first kappa shape index (κ1) is 9.64. The highest BCUT2D eigenvalue weighted by Gasteiger charge is 2.00. The Balaban J connectivity index is 2.33. The van der Waals surface area contributed by atoms with E-state index in [2.05, 4.69) is 22.6 Å². The lowest BCUT2D eigenvalue weighted by Crippen LogP contribution is -2.32. The second-order valence-electron chi connectivity index (χ2n) is 2.90. The topological polar surface area (TPSA) is 50.9 Å². The number of aromatic nitrogens is 1. The maximum Gasteiger partial charge on any atom is 0.107 e. The molecule has 4 heteroatoms. The molecule has 0 bridgehead atoms. The van der Waals surface area contributed by atoms with Gasteiger partial charge < -0.3 is 11.1 Å². The first-order valence-corrected chi connectivity index (χ1v) is 4.94. The molecule has 0 aliphatic heterocycles. The van der Waals surface area contributed by atoms with Gasteiger partial charge in [0.05, 0.1) is 0 Å². The maximum absolute atomic E-state index is 5.46. The van der Waals surface area contributed by atoms with E-state index >= 15 is 0 Å². The summed E-state index contributed by atoms with van der Waals surface area (Å²) < 4.78 is 0. The van der Waals surface area contributed by atoms with Gasteiger partial charge in [-0.1, -0.05) is 0 Å². The van der Waals surface area contributed by atoms with Crippen molar-refractivity contribution < 1.29 is 0 Å². The van der Waals surface area contributed by atoms with Crippen molar-refractivity contribution in [1.82, 2.24) is 10.3 Å². The van der Waals surface area contributed by atoms with E-state index in [1.54, 1.807) is 11.3 Å². The van der Waals surface area contributed by atoms with Crippen molar-refractivity contribution >= 4 is 11.3 Å². The zero-order chi connectivity index (χ0) is 8.97. The fourth-order valence-corrected chi connectivity index (χ4v) is 1.55. The third kappa shape index (κ3) is 2.89. The fourth-order valence-electron chi connectivity index (χ4n) is 0.829. The van der Waals surface area contributed by atoms with Crippen molar-refractivity contribution in [3.05, 3.63) is 16.1 Å². The highest BCUT2D eigenvalue weighted by Crippen LogP contribution is 2.07. The van der Waals surface area contributed by atoms with Crippen LogP contribution in [0.4, 0.5) is 0 Å². The Kier molecular flexibility index (Phi) is 3.65. The van der Waals surface area contributed by atoms with Crippen LogP contribution >= 0.6 is 11.3 Å². The monoisotopic (exact) mass is 185 g/mol. The normalized spacial score (nSPS) is 13.2. The van der Waals surface area contributed by atoms with Crippen molar-refractivity contribution in [3.63, 3.8) is 0 Å². The van der Waals surface area contributed by atoms with Gasteiger partial charge in [0.2, 0.25) is 0 Å².